The summed E-state index contributed by atoms with van der Waals surface area (Å²) >= 11 is 0. The second kappa shape index (κ2) is 4.94. The Morgan fingerprint density at radius 1 is 1.20 bits per heavy atom. The van der Waals surface area contributed by atoms with Crippen molar-refractivity contribution < 1.29 is 9.90 Å². The summed E-state index contributed by atoms with van der Waals surface area (Å²) in [6, 6.07) is 0.759. The summed E-state index contributed by atoms with van der Waals surface area (Å²) in [6.45, 7) is 0.428. The standard InChI is InChI=1S/C11H20N2O2/c14-10-3-1-2-9(6-10)13-11(15)7-12-8-4-5-8/h8-10,12,14H,1-7H2,(H,13,15). The lowest BCUT2D eigenvalue weighted by atomic mass is 9.93. The first-order chi connectivity index (χ1) is 7.24. The molecular weight excluding hydrogens is 192 g/mol. The molecule has 0 radical (unpaired) electrons. The second-order valence-electron chi connectivity index (χ2n) is 4.74. The smallest absolute Gasteiger partial charge is 0.234 e. The summed E-state index contributed by atoms with van der Waals surface area (Å²) in [5.41, 5.74) is 0. The molecule has 4 heteroatoms. The summed E-state index contributed by atoms with van der Waals surface area (Å²) in [5, 5.41) is 15.6. The van der Waals surface area contributed by atoms with Crippen LogP contribution in [0.4, 0.5) is 0 Å². The third kappa shape index (κ3) is 3.80. The van der Waals surface area contributed by atoms with Gasteiger partial charge in [0, 0.05) is 12.1 Å². The van der Waals surface area contributed by atoms with Crippen molar-refractivity contribution in [3.63, 3.8) is 0 Å². The van der Waals surface area contributed by atoms with E-state index in [0.29, 0.717) is 12.6 Å². The van der Waals surface area contributed by atoms with Gasteiger partial charge in [0.15, 0.2) is 0 Å². The number of aliphatic hydroxyl groups is 1. The molecule has 2 saturated carbocycles. The topological polar surface area (TPSA) is 61.4 Å². The van der Waals surface area contributed by atoms with Crippen molar-refractivity contribution >= 4 is 5.91 Å². The van der Waals surface area contributed by atoms with Crippen molar-refractivity contribution in [3.05, 3.63) is 0 Å². The largest absolute Gasteiger partial charge is 0.393 e. The first-order valence-electron chi connectivity index (χ1n) is 5.95. The Labute approximate surface area is 90.4 Å². The minimum atomic E-state index is -0.222. The molecular formula is C11H20N2O2. The maximum atomic E-state index is 11.5. The Morgan fingerprint density at radius 3 is 2.67 bits per heavy atom. The minimum Gasteiger partial charge on any atom is -0.393 e. The third-order valence-electron chi connectivity index (χ3n) is 3.14. The number of nitrogens with one attached hydrogen (secondary N) is 2. The number of amides is 1. The Bertz CT molecular complexity index is 229. The van der Waals surface area contributed by atoms with Gasteiger partial charge in [-0.1, -0.05) is 0 Å². The van der Waals surface area contributed by atoms with Crippen molar-refractivity contribution in [2.75, 3.05) is 6.54 Å². The number of rotatable bonds is 4. The highest BCUT2D eigenvalue weighted by molar-refractivity contribution is 5.78. The van der Waals surface area contributed by atoms with Crippen LogP contribution < -0.4 is 10.6 Å². The third-order valence-corrected chi connectivity index (χ3v) is 3.14. The van der Waals surface area contributed by atoms with Gasteiger partial charge in [-0.05, 0) is 38.5 Å². The molecule has 0 bridgehead atoms. The van der Waals surface area contributed by atoms with Crippen LogP contribution in [-0.2, 0) is 4.79 Å². The van der Waals surface area contributed by atoms with E-state index in [-0.39, 0.29) is 18.1 Å². The highest BCUT2D eigenvalue weighted by atomic mass is 16.3. The zero-order valence-electron chi connectivity index (χ0n) is 9.04. The van der Waals surface area contributed by atoms with Gasteiger partial charge in [0.2, 0.25) is 5.91 Å². The van der Waals surface area contributed by atoms with Crippen LogP contribution in [0.25, 0.3) is 0 Å². The molecule has 2 atom stereocenters. The summed E-state index contributed by atoms with van der Waals surface area (Å²) < 4.78 is 0. The summed E-state index contributed by atoms with van der Waals surface area (Å²) in [7, 11) is 0. The summed E-state index contributed by atoms with van der Waals surface area (Å²) in [4.78, 5) is 11.5. The highest BCUT2D eigenvalue weighted by Crippen LogP contribution is 2.19. The SMILES string of the molecule is O=C(CNC1CC1)NC1CCCC(O)C1. The molecule has 86 valence electrons. The molecule has 3 N–H and O–H groups in total. The van der Waals surface area contributed by atoms with Crippen LogP contribution in [0.1, 0.15) is 38.5 Å². The Balaban J connectivity index is 1.63. The van der Waals surface area contributed by atoms with Gasteiger partial charge in [-0.15, -0.1) is 0 Å². The van der Waals surface area contributed by atoms with Gasteiger partial charge < -0.3 is 15.7 Å². The van der Waals surface area contributed by atoms with Crippen molar-refractivity contribution in [3.8, 4) is 0 Å². The number of carbonyl (C=O) groups is 1. The van der Waals surface area contributed by atoms with Gasteiger partial charge in [0.25, 0.3) is 0 Å². The summed E-state index contributed by atoms with van der Waals surface area (Å²) in [5.74, 6) is 0.0704. The van der Waals surface area contributed by atoms with Crippen molar-refractivity contribution in [1.29, 1.82) is 0 Å². The van der Waals surface area contributed by atoms with E-state index in [0.717, 1.165) is 25.7 Å². The lowest BCUT2D eigenvalue weighted by molar-refractivity contribution is -0.121. The van der Waals surface area contributed by atoms with Crippen LogP contribution in [-0.4, -0.2) is 35.7 Å². The number of aliphatic hydroxyl groups excluding tert-OH is 1. The molecule has 2 rings (SSSR count). The number of hydrogen-bond donors (Lipinski definition) is 3. The van der Waals surface area contributed by atoms with Gasteiger partial charge >= 0.3 is 0 Å². The van der Waals surface area contributed by atoms with Crippen LogP contribution >= 0.6 is 0 Å². The first kappa shape index (κ1) is 10.9. The van der Waals surface area contributed by atoms with Crippen molar-refractivity contribution in [2.24, 2.45) is 0 Å². The zero-order chi connectivity index (χ0) is 10.7. The molecule has 0 aromatic carbocycles. The number of hydrogen-bond acceptors (Lipinski definition) is 3. The molecule has 0 aliphatic heterocycles. The predicted molar refractivity (Wildman–Crippen MR) is 57.4 cm³/mol. The van der Waals surface area contributed by atoms with Crippen LogP contribution in [0.5, 0.6) is 0 Å². The Hall–Kier alpha value is -0.610. The van der Waals surface area contributed by atoms with Gasteiger partial charge in [0.1, 0.15) is 0 Å². The first-order valence-corrected chi connectivity index (χ1v) is 5.95. The molecule has 0 spiro atoms. The van der Waals surface area contributed by atoms with Crippen molar-refractivity contribution in [1.82, 2.24) is 10.6 Å². The normalized spacial score (nSPS) is 31.3. The van der Waals surface area contributed by atoms with Gasteiger partial charge in [-0.25, -0.2) is 0 Å². The Morgan fingerprint density at radius 2 is 2.00 bits per heavy atom. The predicted octanol–water partition coefficient (Wildman–Crippen LogP) is 0.158. The van der Waals surface area contributed by atoms with E-state index in [4.69, 9.17) is 0 Å². The van der Waals surface area contributed by atoms with Crippen molar-refractivity contribution in [2.45, 2.75) is 56.7 Å². The van der Waals surface area contributed by atoms with E-state index < -0.39 is 0 Å². The van der Waals surface area contributed by atoms with Crippen LogP contribution in [0.2, 0.25) is 0 Å². The molecule has 0 saturated heterocycles. The average molecular weight is 212 g/mol. The molecule has 2 unspecified atom stereocenters. The van der Waals surface area contributed by atoms with Crippen LogP contribution in [0, 0.1) is 0 Å². The molecule has 15 heavy (non-hydrogen) atoms. The molecule has 1 amide bonds. The fraction of sp³-hybridized carbons (Fsp3) is 0.909. The van der Waals surface area contributed by atoms with E-state index in [2.05, 4.69) is 10.6 Å². The molecule has 0 heterocycles. The van der Waals surface area contributed by atoms with E-state index in [1.807, 2.05) is 0 Å². The van der Waals surface area contributed by atoms with Gasteiger partial charge in [-0.3, -0.25) is 4.79 Å². The molecule has 2 aliphatic carbocycles. The quantitative estimate of drug-likeness (QED) is 0.622. The fourth-order valence-electron chi connectivity index (χ4n) is 2.10. The van der Waals surface area contributed by atoms with Crippen LogP contribution in [0.3, 0.4) is 0 Å². The van der Waals surface area contributed by atoms with Gasteiger partial charge in [0.05, 0.1) is 12.6 Å². The fourth-order valence-corrected chi connectivity index (χ4v) is 2.10. The lowest BCUT2D eigenvalue weighted by Gasteiger charge is -2.26. The van der Waals surface area contributed by atoms with E-state index in [1.165, 1.54) is 12.8 Å². The highest BCUT2D eigenvalue weighted by Gasteiger charge is 2.23. The summed E-state index contributed by atoms with van der Waals surface area (Å²) in [6.07, 6.45) is 5.81. The molecule has 2 aliphatic rings. The average Bonchev–Trinajstić information content (AvgIpc) is 2.98. The lowest BCUT2D eigenvalue weighted by Crippen LogP contribution is -2.43. The van der Waals surface area contributed by atoms with Gasteiger partial charge in [-0.2, -0.15) is 0 Å². The number of carbonyl (C=O) groups excluding carboxylic acids is 1. The monoisotopic (exact) mass is 212 g/mol. The maximum Gasteiger partial charge on any atom is 0.234 e. The maximum absolute atomic E-state index is 11.5. The molecule has 0 aromatic heterocycles. The molecule has 2 fully saturated rings. The van der Waals surface area contributed by atoms with E-state index in [1.54, 1.807) is 0 Å². The minimum absolute atomic E-state index is 0.0704. The van der Waals surface area contributed by atoms with Crippen LogP contribution in [0.15, 0.2) is 0 Å². The molecule has 0 aromatic rings. The Kier molecular flexibility index (Phi) is 3.59. The zero-order valence-corrected chi connectivity index (χ0v) is 9.04. The van der Waals surface area contributed by atoms with E-state index in [9.17, 15) is 9.90 Å². The second-order valence-corrected chi connectivity index (χ2v) is 4.74. The molecule has 4 nitrogen and oxygen atoms in total. The van der Waals surface area contributed by atoms with E-state index >= 15 is 0 Å².